The van der Waals surface area contributed by atoms with Crippen molar-refractivity contribution in [3.05, 3.63) is 65.1 Å². The quantitative estimate of drug-likeness (QED) is 0.518. The van der Waals surface area contributed by atoms with Gasteiger partial charge in [0.1, 0.15) is 5.82 Å². The number of allylic oxidation sites excluding steroid dienone is 1. The van der Waals surface area contributed by atoms with Gasteiger partial charge >= 0.3 is 0 Å². The molecule has 0 bridgehead atoms. The van der Waals surface area contributed by atoms with E-state index >= 15 is 0 Å². The summed E-state index contributed by atoms with van der Waals surface area (Å²) in [5, 5.41) is 15.3. The van der Waals surface area contributed by atoms with Gasteiger partial charge in [0.2, 0.25) is 0 Å². The summed E-state index contributed by atoms with van der Waals surface area (Å²) in [7, 11) is -2.21. The molecule has 0 saturated heterocycles. The Morgan fingerprint density at radius 3 is 2.65 bits per heavy atom. The lowest BCUT2D eigenvalue weighted by Gasteiger charge is -2.24. The number of hydrogen-bond donors (Lipinski definition) is 2. The highest BCUT2D eigenvalue weighted by molar-refractivity contribution is 8.26. The van der Waals surface area contributed by atoms with E-state index in [9.17, 15) is 13.2 Å². The minimum atomic E-state index is -2.88. The predicted molar refractivity (Wildman–Crippen MR) is 129 cm³/mol. The van der Waals surface area contributed by atoms with Crippen LogP contribution < -0.4 is 15.5 Å². The van der Waals surface area contributed by atoms with E-state index in [1.54, 1.807) is 24.3 Å². The molecule has 0 radical (unpaired) electrons. The zero-order valence-corrected chi connectivity index (χ0v) is 18.6. The van der Waals surface area contributed by atoms with Crippen LogP contribution in [0, 0.1) is 11.7 Å². The van der Waals surface area contributed by atoms with Crippen molar-refractivity contribution in [2.75, 3.05) is 16.9 Å². The summed E-state index contributed by atoms with van der Waals surface area (Å²) in [6, 6.07) is 9.69. The maximum atomic E-state index is 14.1. The van der Waals surface area contributed by atoms with Crippen LogP contribution in [0.1, 0.15) is 12.5 Å². The molecule has 3 N–H and O–H groups in total. The Balaban J connectivity index is 1.84. The SMILES string of the molecule is C=C(Cc1c(F)cccc1Cl)Nc1ccc(N2CC(C(C)(F)F)C=N2)c(S(=C)(=C)N)c1. The second-order valence-electron chi connectivity index (χ2n) is 7.64. The highest BCUT2D eigenvalue weighted by Crippen LogP contribution is 2.39. The lowest BCUT2D eigenvalue weighted by Crippen LogP contribution is -2.30. The molecule has 0 aliphatic carbocycles. The Labute approximate surface area is 185 Å². The molecule has 0 amide bonds. The molecule has 1 aliphatic rings. The third kappa shape index (κ3) is 5.44. The number of benzene rings is 2. The van der Waals surface area contributed by atoms with Crippen molar-refractivity contribution in [3.8, 4) is 0 Å². The van der Waals surface area contributed by atoms with Gasteiger partial charge in [0.05, 0.1) is 18.2 Å². The van der Waals surface area contributed by atoms with Gasteiger partial charge in [0.25, 0.3) is 5.92 Å². The van der Waals surface area contributed by atoms with Gasteiger partial charge in [0.15, 0.2) is 0 Å². The van der Waals surface area contributed by atoms with E-state index in [1.807, 2.05) is 0 Å². The molecule has 2 aromatic carbocycles. The summed E-state index contributed by atoms with van der Waals surface area (Å²) in [6.45, 7) is 4.84. The van der Waals surface area contributed by atoms with Crippen molar-refractivity contribution in [2.45, 2.75) is 24.2 Å². The standard InChI is InChI=1S/C22H24ClF3N4S/c1-14(10-17-18(23)6-5-7-19(17)24)29-16-8-9-20(21(11-16)31(3,4)27)30-13-15(12-28-30)22(2,25)26/h5-9,11-12,15,29H,1,3-4,10,13,27H2,2H3. The van der Waals surface area contributed by atoms with E-state index in [2.05, 4.69) is 28.7 Å². The second-order valence-corrected chi connectivity index (χ2v) is 10.4. The second kappa shape index (κ2) is 8.61. The Hall–Kier alpha value is -2.42. The third-order valence-corrected chi connectivity index (χ3v) is 6.41. The fraction of sp³-hybridized carbons (Fsp3) is 0.227. The van der Waals surface area contributed by atoms with Gasteiger partial charge in [-0.05, 0) is 30.3 Å². The van der Waals surface area contributed by atoms with Gasteiger partial charge in [0, 0.05) is 46.4 Å². The number of nitrogens with zero attached hydrogens (tertiary/aromatic N) is 2. The van der Waals surface area contributed by atoms with Crippen LogP contribution in [-0.4, -0.2) is 30.4 Å². The van der Waals surface area contributed by atoms with E-state index in [1.165, 1.54) is 23.4 Å². The van der Waals surface area contributed by atoms with Crippen molar-refractivity contribution in [3.63, 3.8) is 0 Å². The molecular formula is C22H24ClF3N4S. The number of nitrogens with one attached hydrogen (secondary N) is 1. The summed E-state index contributed by atoms with van der Waals surface area (Å²) in [4.78, 5) is 0.589. The summed E-state index contributed by atoms with van der Waals surface area (Å²) < 4.78 is 41.4. The molecule has 4 nitrogen and oxygen atoms in total. The molecule has 3 rings (SSSR count). The van der Waals surface area contributed by atoms with Crippen molar-refractivity contribution in [2.24, 2.45) is 16.2 Å². The van der Waals surface area contributed by atoms with Crippen molar-refractivity contribution >= 4 is 50.3 Å². The maximum Gasteiger partial charge on any atom is 0.254 e. The zero-order valence-electron chi connectivity index (χ0n) is 17.0. The van der Waals surface area contributed by atoms with Crippen molar-refractivity contribution < 1.29 is 13.2 Å². The highest BCUT2D eigenvalue weighted by atomic mass is 35.5. The van der Waals surface area contributed by atoms with Crippen LogP contribution >= 0.6 is 21.0 Å². The number of hydrogen-bond acceptors (Lipinski definition) is 4. The summed E-state index contributed by atoms with van der Waals surface area (Å²) in [5.74, 6) is 3.62. The zero-order chi connectivity index (χ0) is 23.0. The summed E-state index contributed by atoms with van der Waals surface area (Å²) in [5.41, 5.74) is 2.05. The number of alkyl halides is 2. The van der Waals surface area contributed by atoms with Gasteiger partial charge in [-0.15, -0.1) is 9.39 Å². The van der Waals surface area contributed by atoms with Crippen LogP contribution in [-0.2, 0) is 6.42 Å². The molecule has 31 heavy (non-hydrogen) atoms. The average molecular weight is 469 g/mol. The maximum absolute atomic E-state index is 14.1. The average Bonchev–Trinajstić information content (AvgIpc) is 3.14. The molecule has 166 valence electrons. The van der Waals surface area contributed by atoms with Gasteiger partial charge < -0.3 is 5.32 Å². The van der Waals surface area contributed by atoms with Crippen LogP contribution in [0.2, 0.25) is 5.02 Å². The Morgan fingerprint density at radius 2 is 2.06 bits per heavy atom. The van der Waals surface area contributed by atoms with E-state index in [4.69, 9.17) is 16.7 Å². The molecule has 1 aliphatic heterocycles. The number of halogens is 4. The number of nitrogens with two attached hydrogens (primary N) is 1. The molecule has 0 saturated carbocycles. The van der Waals surface area contributed by atoms with Gasteiger partial charge in [-0.3, -0.25) is 10.1 Å². The van der Waals surface area contributed by atoms with Crippen LogP contribution in [0.4, 0.5) is 24.5 Å². The largest absolute Gasteiger partial charge is 0.359 e. The lowest BCUT2D eigenvalue weighted by atomic mass is 10.1. The first-order valence-corrected chi connectivity index (χ1v) is 11.8. The van der Waals surface area contributed by atoms with E-state index in [-0.39, 0.29) is 13.0 Å². The number of rotatable bonds is 7. The fourth-order valence-corrected chi connectivity index (χ4v) is 4.37. The Kier molecular flexibility index (Phi) is 6.45. The fourth-order valence-electron chi connectivity index (χ4n) is 3.19. The van der Waals surface area contributed by atoms with Crippen LogP contribution in [0.25, 0.3) is 0 Å². The van der Waals surface area contributed by atoms with Crippen LogP contribution in [0.3, 0.4) is 0 Å². The van der Waals surface area contributed by atoms with Crippen molar-refractivity contribution in [1.82, 2.24) is 0 Å². The molecule has 1 unspecified atom stereocenters. The molecule has 0 spiro atoms. The highest BCUT2D eigenvalue weighted by Gasteiger charge is 2.38. The lowest BCUT2D eigenvalue weighted by molar-refractivity contribution is -0.00679. The topological polar surface area (TPSA) is 53.6 Å². The first-order chi connectivity index (χ1) is 14.4. The number of hydrazone groups is 1. The number of anilines is 2. The molecule has 1 heterocycles. The molecule has 0 fully saturated rings. The molecule has 2 aromatic rings. The van der Waals surface area contributed by atoms with E-state index in [0.717, 1.165) is 6.92 Å². The third-order valence-electron chi connectivity index (χ3n) is 4.86. The summed E-state index contributed by atoms with van der Waals surface area (Å²) >= 11 is 6.09. The molecule has 1 atom stereocenters. The Bertz CT molecular complexity index is 1120. The van der Waals surface area contributed by atoms with Gasteiger partial charge in [-0.2, -0.15) is 5.10 Å². The van der Waals surface area contributed by atoms with Crippen molar-refractivity contribution in [1.29, 1.82) is 0 Å². The normalized spacial score (nSPS) is 16.6. The van der Waals surface area contributed by atoms with Gasteiger partial charge in [-0.25, -0.2) is 13.2 Å². The van der Waals surface area contributed by atoms with E-state index in [0.29, 0.717) is 32.6 Å². The van der Waals surface area contributed by atoms with Crippen LogP contribution in [0.5, 0.6) is 0 Å². The first-order valence-electron chi connectivity index (χ1n) is 9.34. The minimum Gasteiger partial charge on any atom is -0.359 e. The molecular weight excluding hydrogens is 445 g/mol. The van der Waals surface area contributed by atoms with E-state index < -0.39 is 27.0 Å². The predicted octanol–water partition coefficient (Wildman–Crippen LogP) is 5.63. The smallest absolute Gasteiger partial charge is 0.254 e. The summed E-state index contributed by atoms with van der Waals surface area (Å²) in [6.07, 6.45) is 1.43. The monoisotopic (exact) mass is 468 g/mol. The van der Waals surface area contributed by atoms with Crippen LogP contribution in [0.15, 0.2) is 58.7 Å². The first kappa shape index (κ1) is 23.2. The molecule has 9 heteroatoms. The Morgan fingerprint density at radius 1 is 1.35 bits per heavy atom. The minimum absolute atomic E-state index is 0.0251. The molecule has 0 aromatic heterocycles. The van der Waals surface area contributed by atoms with Gasteiger partial charge in [-0.1, -0.05) is 36.0 Å².